The van der Waals surface area contributed by atoms with Crippen molar-refractivity contribution in [1.82, 2.24) is 10.3 Å². The highest BCUT2D eigenvalue weighted by Crippen LogP contribution is 2.30. The van der Waals surface area contributed by atoms with Gasteiger partial charge in [0.05, 0.1) is 19.2 Å². The lowest BCUT2D eigenvalue weighted by Crippen LogP contribution is -2.26. The minimum Gasteiger partial charge on any atom is -0.492 e. The monoisotopic (exact) mass is 262 g/mol. The Kier molecular flexibility index (Phi) is 5.40. The Morgan fingerprint density at radius 3 is 2.61 bits per heavy atom. The Hall–Kier alpha value is -1.30. The fourth-order valence-electron chi connectivity index (χ4n) is 1.66. The molecule has 3 nitrogen and oxygen atoms in total. The van der Waals surface area contributed by atoms with E-state index in [1.165, 1.54) is 12.4 Å². The van der Waals surface area contributed by atoms with Crippen LogP contribution in [0.2, 0.25) is 0 Å². The van der Waals surface area contributed by atoms with Crippen molar-refractivity contribution in [2.75, 3.05) is 13.2 Å². The number of nitrogens with zero attached hydrogens (tertiary/aromatic N) is 1. The molecule has 18 heavy (non-hydrogen) atoms. The van der Waals surface area contributed by atoms with E-state index in [9.17, 15) is 13.2 Å². The third-order valence-corrected chi connectivity index (χ3v) is 2.33. The topological polar surface area (TPSA) is 34.2 Å². The van der Waals surface area contributed by atoms with Crippen LogP contribution in [0.25, 0.3) is 0 Å². The zero-order valence-corrected chi connectivity index (χ0v) is 10.4. The normalized spacial score (nSPS) is 13.4. The Morgan fingerprint density at radius 2 is 2.06 bits per heavy atom. The minimum absolute atomic E-state index is 0.455. The predicted molar refractivity (Wildman–Crippen MR) is 62.5 cm³/mol. The van der Waals surface area contributed by atoms with Crippen molar-refractivity contribution in [3.8, 4) is 5.75 Å². The van der Waals surface area contributed by atoms with Crippen LogP contribution in [0.15, 0.2) is 18.5 Å². The molecule has 102 valence electrons. The van der Waals surface area contributed by atoms with Gasteiger partial charge in [0.1, 0.15) is 5.75 Å². The van der Waals surface area contributed by atoms with Crippen LogP contribution in [0.5, 0.6) is 5.75 Å². The van der Waals surface area contributed by atoms with Crippen LogP contribution in [0.4, 0.5) is 13.2 Å². The van der Waals surface area contributed by atoms with Gasteiger partial charge in [0.15, 0.2) is 0 Å². The van der Waals surface area contributed by atoms with E-state index in [-0.39, 0.29) is 0 Å². The molecule has 0 spiro atoms. The van der Waals surface area contributed by atoms with Gasteiger partial charge in [0, 0.05) is 12.2 Å². The zero-order valence-electron chi connectivity index (χ0n) is 10.4. The van der Waals surface area contributed by atoms with Crippen LogP contribution in [0.1, 0.15) is 31.9 Å². The molecule has 1 rings (SSSR count). The number of alkyl halides is 3. The van der Waals surface area contributed by atoms with E-state index < -0.39 is 18.6 Å². The summed E-state index contributed by atoms with van der Waals surface area (Å²) in [6, 6.07) is 0.804. The molecule has 0 saturated carbocycles. The first-order valence-corrected chi connectivity index (χ1v) is 5.84. The van der Waals surface area contributed by atoms with Crippen LogP contribution in [0.3, 0.4) is 0 Å². The Morgan fingerprint density at radius 1 is 1.33 bits per heavy atom. The second-order valence-corrected chi connectivity index (χ2v) is 3.82. The Balaban J connectivity index is 2.87. The van der Waals surface area contributed by atoms with E-state index in [1.807, 2.05) is 6.92 Å². The van der Waals surface area contributed by atoms with Gasteiger partial charge in [-0.05, 0) is 25.1 Å². The molecule has 1 N–H and O–H groups in total. The van der Waals surface area contributed by atoms with Gasteiger partial charge in [-0.2, -0.15) is 13.2 Å². The highest BCUT2D eigenvalue weighted by Gasteiger charge is 2.32. The molecule has 0 radical (unpaired) electrons. The van der Waals surface area contributed by atoms with Gasteiger partial charge < -0.3 is 10.1 Å². The van der Waals surface area contributed by atoms with Crippen LogP contribution in [0, 0.1) is 0 Å². The van der Waals surface area contributed by atoms with E-state index in [1.54, 1.807) is 13.0 Å². The van der Waals surface area contributed by atoms with Crippen molar-refractivity contribution in [2.24, 2.45) is 0 Å². The number of aromatic nitrogens is 1. The molecule has 1 aromatic heterocycles. The standard InChI is InChI=1S/C12H17F3N2O/c1-3-17-11(6-12(13,14)15)9-5-10(18-4-2)8-16-7-9/h5,7-8,11,17H,3-4,6H2,1-2H3. The molecule has 0 aromatic carbocycles. The smallest absolute Gasteiger partial charge is 0.390 e. The number of rotatable bonds is 6. The first-order valence-electron chi connectivity index (χ1n) is 5.84. The largest absolute Gasteiger partial charge is 0.492 e. The van der Waals surface area contributed by atoms with E-state index >= 15 is 0 Å². The second kappa shape index (κ2) is 6.58. The summed E-state index contributed by atoms with van der Waals surface area (Å²) in [5.74, 6) is 0.486. The molecule has 0 aliphatic rings. The summed E-state index contributed by atoms with van der Waals surface area (Å²) in [6.07, 6.45) is -2.21. The van der Waals surface area contributed by atoms with Crippen LogP contribution < -0.4 is 10.1 Å². The summed E-state index contributed by atoms with van der Waals surface area (Å²) in [4.78, 5) is 3.90. The zero-order chi connectivity index (χ0) is 13.6. The lowest BCUT2D eigenvalue weighted by Gasteiger charge is -2.20. The first-order chi connectivity index (χ1) is 8.46. The molecule has 1 atom stereocenters. The number of hydrogen-bond donors (Lipinski definition) is 1. The highest BCUT2D eigenvalue weighted by molar-refractivity contribution is 5.26. The van der Waals surface area contributed by atoms with Crippen molar-refractivity contribution in [3.05, 3.63) is 24.0 Å². The summed E-state index contributed by atoms with van der Waals surface area (Å²) in [5.41, 5.74) is 0.486. The molecule has 0 fully saturated rings. The minimum atomic E-state index is -4.21. The first kappa shape index (κ1) is 14.8. The van der Waals surface area contributed by atoms with Crippen LogP contribution >= 0.6 is 0 Å². The summed E-state index contributed by atoms with van der Waals surface area (Å²) >= 11 is 0. The molecule has 0 amide bonds. The van der Waals surface area contributed by atoms with Crippen LogP contribution in [-0.2, 0) is 0 Å². The maximum Gasteiger partial charge on any atom is 0.390 e. The summed E-state index contributed by atoms with van der Waals surface area (Å²) in [6.45, 7) is 4.49. The lowest BCUT2D eigenvalue weighted by molar-refractivity contribution is -0.140. The lowest BCUT2D eigenvalue weighted by atomic mass is 10.1. The molecule has 0 bridgehead atoms. The van der Waals surface area contributed by atoms with Gasteiger partial charge in [0.2, 0.25) is 0 Å². The summed E-state index contributed by atoms with van der Waals surface area (Å²) in [5, 5.41) is 2.81. The van der Waals surface area contributed by atoms with Gasteiger partial charge in [-0.3, -0.25) is 4.98 Å². The average Bonchev–Trinajstić information content (AvgIpc) is 2.28. The maximum atomic E-state index is 12.5. The number of pyridine rings is 1. The molecular weight excluding hydrogens is 245 g/mol. The van der Waals surface area contributed by atoms with E-state index in [2.05, 4.69) is 10.3 Å². The highest BCUT2D eigenvalue weighted by atomic mass is 19.4. The van der Waals surface area contributed by atoms with Gasteiger partial charge in [-0.15, -0.1) is 0 Å². The van der Waals surface area contributed by atoms with E-state index in [4.69, 9.17) is 4.74 Å². The number of halogens is 3. The van der Waals surface area contributed by atoms with E-state index in [0.29, 0.717) is 24.5 Å². The molecule has 0 aliphatic carbocycles. The van der Waals surface area contributed by atoms with Gasteiger partial charge >= 0.3 is 6.18 Å². The van der Waals surface area contributed by atoms with Crippen LogP contribution in [-0.4, -0.2) is 24.3 Å². The fourth-order valence-corrected chi connectivity index (χ4v) is 1.66. The van der Waals surface area contributed by atoms with Gasteiger partial charge in [0.25, 0.3) is 0 Å². The third-order valence-electron chi connectivity index (χ3n) is 2.33. The quantitative estimate of drug-likeness (QED) is 0.855. The Bertz CT molecular complexity index is 369. The van der Waals surface area contributed by atoms with E-state index in [0.717, 1.165) is 0 Å². The van der Waals surface area contributed by atoms with Gasteiger partial charge in [-0.1, -0.05) is 6.92 Å². The SMILES string of the molecule is CCNC(CC(F)(F)F)c1cncc(OCC)c1. The van der Waals surface area contributed by atoms with Crippen molar-refractivity contribution >= 4 is 0 Å². The summed E-state index contributed by atoms with van der Waals surface area (Å²) in [7, 11) is 0. The number of ether oxygens (including phenoxy) is 1. The molecule has 0 saturated heterocycles. The van der Waals surface area contributed by atoms with Crippen molar-refractivity contribution in [1.29, 1.82) is 0 Å². The number of hydrogen-bond acceptors (Lipinski definition) is 3. The average molecular weight is 262 g/mol. The van der Waals surface area contributed by atoms with Crippen molar-refractivity contribution < 1.29 is 17.9 Å². The molecule has 1 unspecified atom stereocenters. The van der Waals surface area contributed by atoms with Crippen molar-refractivity contribution in [2.45, 2.75) is 32.5 Å². The molecule has 1 heterocycles. The fraction of sp³-hybridized carbons (Fsp3) is 0.583. The number of nitrogens with one attached hydrogen (secondary N) is 1. The third kappa shape index (κ3) is 4.91. The Labute approximate surface area is 104 Å². The summed E-state index contributed by atoms with van der Waals surface area (Å²) < 4.78 is 42.6. The molecular formula is C12H17F3N2O. The molecule has 1 aromatic rings. The maximum absolute atomic E-state index is 12.5. The predicted octanol–water partition coefficient (Wildman–Crippen LogP) is 3.08. The molecule has 0 aliphatic heterocycles. The van der Waals surface area contributed by atoms with Gasteiger partial charge in [-0.25, -0.2) is 0 Å². The molecule has 6 heteroatoms. The van der Waals surface area contributed by atoms with Crippen molar-refractivity contribution in [3.63, 3.8) is 0 Å². The second-order valence-electron chi connectivity index (χ2n) is 3.82.